The van der Waals surface area contributed by atoms with Gasteiger partial charge in [-0.2, -0.15) is 0 Å². The molecule has 3 heteroatoms. The highest BCUT2D eigenvalue weighted by molar-refractivity contribution is 5.20. The van der Waals surface area contributed by atoms with E-state index in [1.165, 1.54) is 19.3 Å². The molecule has 0 saturated carbocycles. The topological polar surface area (TPSA) is 15.3 Å². The molecular formula is C15H23FN2. The number of rotatable bonds is 4. The van der Waals surface area contributed by atoms with E-state index in [1.807, 2.05) is 12.1 Å². The normalized spacial score (nSPS) is 22.1. The molecule has 2 nitrogen and oxygen atoms in total. The average molecular weight is 250 g/mol. The largest absolute Gasteiger partial charge is 0.313 e. The monoisotopic (exact) mass is 250 g/mol. The van der Waals surface area contributed by atoms with Crippen LogP contribution in [0, 0.1) is 5.82 Å². The van der Waals surface area contributed by atoms with E-state index in [0.29, 0.717) is 6.04 Å². The van der Waals surface area contributed by atoms with E-state index in [4.69, 9.17) is 0 Å². The average Bonchev–Trinajstić information content (AvgIpc) is 2.39. The quantitative estimate of drug-likeness (QED) is 0.884. The number of hydrogen-bond donors (Lipinski definition) is 1. The summed E-state index contributed by atoms with van der Waals surface area (Å²) in [5, 5.41) is 3.54. The number of benzene rings is 1. The van der Waals surface area contributed by atoms with Crippen LogP contribution >= 0.6 is 0 Å². The molecule has 1 N–H and O–H groups in total. The van der Waals surface area contributed by atoms with E-state index in [2.05, 4.69) is 24.2 Å². The second-order valence-corrected chi connectivity index (χ2v) is 5.28. The molecule has 2 rings (SSSR count). The van der Waals surface area contributed by atoms with Crippen molar-refractivity contribution in [3.8, 4) is 0 Å². The van der Waals surface area contributed by atoms with Crippen molar-refractivity contribution in [2.45, 2.75) is 38.3 Å². The van der Waals surface area contributed by atoms with Crippen LogP contribution in [0.3, 0.4) is 0 Å². The van der Waals surface area contributed by atoms with Crippen molar-refractivity contribution in [3.63, 3.8) is 0 Å². The number of halogens is 1. The molecule has 1 aliphatic rings. The van der Waals surface area contributed by atoms with E-state index >= 15 is 0 Å². The Balaban J connectivity index is 1.95. The van der Waals surface area contributed by atoms with Gasteiger partial charge in [0, 0.05) is 24.2 Å². The van der Waals surface area contributed by atoms with Gasteiger partial charge in [-0.25, -0.2) is 4.39 Å². The predicted molar refractivity (Wildman–Crippen MR) is 73.1 cm³/mol. The van der Waals surface area contributed by atoms with Crippen LogP contribution in [-0.2, 0) is 0 Å². The Morgan fingerprint density at radius 2 is 2.17 bits per heavy atom. The summed E-state index contributed by atoms with van der Waals surface area (Å²) < 4.78 is 13.7. The maximum Gasteiger partial charge on any atom is 0.127 e. The SMILES string of the molecule is CC(c1ccccc1F)N(C)CC1CCCCN1. The summed E-state index contributed by atoms with van der Waals surface area (Å²) >= 11 is 0. The lowest BCUT2D eigenvalue weighted by Crippen LogP contribution is -2.43. The highest BCUT2D eigenvalue weighted by atomic mass is 19.1. The first-order valence-corrected chi connectivity index (χ1v) is 6.86. The molecule has 1 heterocycles. The Morgan fingerprint density at radius 3 is 2.83 bits per heavy atom. The maximum atomic E-state index is 13.7. The maximum absolute atomic E-state index is 13.7. The minimum atomic E-state index is -0.103. The van der Waals surface area contributed by atoms with E-state index in [9.17, 15) is 4.39 Å². The van der Waals surface area contributed by atoms with Gasteiger partial charge in [-0.05, 0) is 39.4 Å². The van der Waals surface area contributed by atoms with Gasteiger partial charge in [0.2, 0.25) is 0 Å². The number of hydrogen-bond acceptors (Lipinski definition) is 2. The van der Waals surface area contributed by atoms with Crippen LogP contribution in [0.1, 0.15) is 37.8 Å². The zero-order chi connectivity index (χ0) is 13.0. The van der Waals surface area contributed by atoms with Crippen LogP contribution < -0.4 is 5.32 Å². The summed E-state index contributed by atoms with van der Waals surface area (Å²) in [6.45, 7) is 4.17. The highest BCUT2D eigenvalue weighted by Crippen LogP contribution is 2.22. The summed E-state index contributed by atoms with van der Waals surface area (Å²) in [5.41, 5.74) is 0.788. The van der Waals surface area contributed by atoms with Crippen molar-refractivity contribution < 1.29 is 4.39 Å². The Bertz CT molecular complexity index is 375. The molecule has 0 spiro atoms. The van der Waals surface area contributed by atoms with Gasteiger partial charge < -0.3 is 5.32 Å². The minimum absolute atomic E-state index is 0.103. The van der Waals surface area contributed by atoms with Gasteiger partial charge in [-0.15, -0.1) is 0 Å². The van der Waals surface area contributed by atoms with Crippen molar-refractivity contribution >= 4 is 0 Å². The lowest BCUT2D eigenvalue weighted by Gasteiger charge is -2.32. The molecular weight excluding hydrogens is 227 g/mol. The van der Waals surface area contributed by atoms with Gasteiger partial charge in [0.1, 0.15) is 5.82 Å². The van der Waals surface area contributed by atoms with Crippen molar-refractivity contribution in [1.29, 1.82) is 0 Å². The third-order valence-electron chi connectivity index (χ3n) is 3.94. The first-order chi connectivity index (χ1) is 8.68. The van der Waals surface area contributed by atoms with Crippen LogP contribution in [0.4, 0.5) is 4.39 Å². The third-order valence-corrected chi connectivity index (χ3v) is 3.94. The molecule has 0 bridgehead atoms. The number of nitrogens with one attached hydrogen (secondary N) is 1. The van der Waals surface area contributed by atoms with E-state index < -0.39 is 0 Å². The Kier molecular flexibility index (Phi) is 4.72. The summed E-state index contributed by atoms with van der Waals surface area (Å²) in [4.78, 5) is 2.24. The zero-order valence-corrected chi connectivity index (χ0v) is 11.3. The molecule has 100 valence electrons. The highest BCUT2D eigenvalue weighted by Gasteiger charge is 2.20. The molecule has 1 aromatic rings. The van der Waals surface area contributed by atoms with E-state index in [1.54, 1.807) is 12.1 Å². The second-order valence-electron chi connectivity index (χ2n) is 5.28. The van der Waals surface area contributed by atoms with E-state index in [0.717, 1.165) is 18.7 Å². The zero-order valence-electron chi connectivity index (χ0n) is 11.3. The molecule has 0 aromatic heterocycles. The third kappa shape index (κ3) is 3.30. The molecule has 18 heavy (non-hydrogen) atoms. The fourth-order valence-corrected chi connectivity index (χ4v) is 2.64. The molecule has 2 unspecified atom stereocenters. The van der Waals surface area contributed by atoms with Crippen LogP contribution in [-0.4, -0.2) is 31.1 Å². The number of piperidine rings is 1. The van der Waals surface area contributed by atoms with Crippen molar-refractivity contribution in [2.75, 3.05) is 20.1 Å². The van der Waals surface area contributed by atoms with Crippen LogP contribution in [0.15, 0.2) is 24.3 Å². The molecule has 0 amide bonds. The van der Waals surface area contributed by atoms with Crippen molar-refractivity contribution in [1.82, 2.24) is 10.2 Å². The molecule has 1 aromatic carbocycles. The molecule has 1 aliphatic heterocycles. The number of likely N-dealkylation sites (N-methyl/N-ethyl adjacent to an activating group) is 1. The van der Waals surface area contributed by atoms with Crippen LogP contribution in [0.25, 0.3) is 0 Å². The smallest absolute Gasteiger partial charge is 0.127 e. The summed E-state index contributed by atoms with van der Waals surface area (Å²) in [7, 11) is 2.08. The predicted octanol–water partition coefficient (Wildman–Crippen LogP) is 2.96. The minimum Gasteiger partial charge on any atom is -0.313 e. The first kappa shape index (κ1) is 13.5. The van der Waals surface area contributed by atoms with Gasteiger partial charge in [-0.3, -0.25) is 4.90 Å². The lowest BCUT2D eigenvalue weighted by molar-refractivity contribution is 0.211. The fraction of sp³-hybridized carbons (Fsp3) is 0.600. The summed E-state index contributed by atoms with van der Waals surface area (Å²) in [6, 6.07) is 7.74. The molecule has 0 aliphatic carbocycles. The number of nitrogens with zero attached hydrogens (tertiary/aromatic N) is 1. The standard InChI is InChI=1S/C15H23FN2/c1-12(14-8-3-4-9-15(14)16)18(2)11-13-7-5-6-10-17-13/h3-4,8-9,12-13,17H,5-7,10-11H2,1-2H3. The molecule has 1 fully saturated rings. The second kappa shape index (κ2) is 6.30. The fourth-order valence-electron chi connectivity index (χ4n) is 2.64. The first-order valence-electron chi connectivity index (χ1n) is 6.86. The van der Waals surface area contributed by atoms with Gasteiger partial charge in [0.15, 0.2) is 0 Å². The van der Waals surface area contributed by atoms with Gasteiger partial charge in [0.05, 0.1) is 0 Å². The van der Waals surface area contributed by atoms with Crippen molar-refractivity contribution in [2.24, 2.45) is 0 Å². The molecule has 1 saturated heterocycles. The van der Waals surface area contributed by atoms with Crippen LogP contribution in [0.2, 0.25) is 0 Å². The molecule has 0 radical (unpaired) electrons. The summed E-state index contributed by atoms with van der Waals surface area (Å²) in [6.07, 6.45) is 3.82. The Labute approximate surface area is 109 Å². The Hall–Kier alpha value is -0.930. The lowest BCUT2D eigenvalue weighted by atomic mass is 10.0. The van der Waals surface area contributed by atoms with Gasteiger partial charge in [-0.1, -0.05) is 24.6 Å². The van der Waals surface area contributed by atoms with E-state index in [-0.39, 0.29) is 11.9 Å². The molecule has 2 atom stereocenters. The van der Waals surface area contributed by atoms with Gasteiger partial charge >= 0.3 is 0 Å². The van der Waals surface area contributed by atoms with Gasteiger partial charge in [0.25, 0.3) is 0 Å². The van der Waals surface area contributed by atoms with Crippen molar-refractivity contribution in [3.05, 3.63) is 35.6 Å². The Morgan fingerprint density at radius 1 is 1.39 bits per heavy atom. The van der Waals surface area contributed by atoms with Crippen LogP contribution in [0.5, 0.6) is 0 Å². The summed E-state index contributed by atoms with van der Waals surface area (Å²) in [5.74, 6) is -0.103.